The Labute approximate surface area is 134 Å². The number of amides is 1. The van der Waals surface area contributed by atoms with Gasteiger partial charge in [-0.1, -0.05) is 6.07 Å². The summed E-state index contributed by atoms with van der Waals surface area (Å²) >= 11 is 0. The zero-order chi connectivity index (χ0) is 16.9. The summed E-state index contributed by atoms with van der Waals surface area (Å²) in [6.07, 6.45) is 0. The van der Waals surface area contributed by atoms with Crippen molar-refractivity contribution in [2.75, 3.05) is 18.4 Å². The fourth-order valence-electron chi connectivity index (χ4n) is 1.77. The van der Waals surface area contributed by atoms with E-state index < -0.39 is 15.9 Å². The van der Waals surface area contributed by atoms with Gasteiger partial charge in [-0.15, -0.1) is 0 Å². The first-order chi connectivity index (χ1) is 10.9. The number of anilines is 1. The maximum atomic E-state index is 12.3. The van der Waals surface area contributed by atoms with Gasteiger partial charge in [0.2, 0.25) is 0 Å². The van der Waals surface area contributed by atoms with Crippen LogP contribution in [-0.4, -0.2) is 28.0 Å². The SMILES string of the molecule is COc1cccc(NS(=O)(=O)c2ccc(OCC(N)=O)cc2)c1. The second-order valence-electron chi connectivity index (χ2n) is 4.56. The van der Waals surface area contributed by atoms with Crippen LogP contribution in [0.15, 0.2) is 53.4 Å². The van der Waals surface area contributed by atoms with Crippen molar-refractivity contribution < 1.29 is 22.7 Å². The van der Waals surface area contributed by atoms with Crippen LogP contribution in [0.5, 0.6) is 11.5 Å². The molecular weight excluding hydrogens is 320 g/mol. The molecule has 0 aromatic heterocycles. The fourth-order valence-corrected chi connectivity index (χ4v) is 2.82. The van der Waals surface area contributed by atoms with Gasteiger partial charge in [-0.2, -0.15) is 0 Å². The largest absolute Gasteiger partial charge is 0.497 e. The zero-order valence-corrected chi connectivity index (χ0v) is 13.2. The van der Waals surface area contributed by atoms with Gasteiger partial charge in [-0.3, -0.25) is 9.52 Å². The second kappa shape index (κ2) is 7.01. The number of carbonyl (C=O) groups is 1. The molecule has 2 aromatic rings. The topological polar surface area (TPSA) is 108 Å². The van der Waals surface area contributed by atoms with Gasteiger partial charge in [0.25, 0.3) is 15.9 Å². The molecule has 3 N–H and O–H groups in total. The predicted octanol–water partition coefficient (Wildman–Crippen LogP) is 1.36. The molecule has 0 saturated heterocycles. The second-order valence-corrected chi connectivity index (χ2v) is 6.25. The Morgan fingerprint density at radius 1 is 1.13 bits per heavy atom. The first-order valence-corrected chi connectivity index (χ1v) is 8.07. The van der Waals surface area contributed by atoms with E-state index in [1.807, 2.05) is 0 Å². The number of benzene rings is 2. The lowest BCUT2D eigenvalue weighted by molar-refractivity contribution is -0.119. The fraction of sp³-hybridized carbons (Fsp3) is 0.133. The first-order valence-electron chi connectivity index (χ1n) is 6.59. The summed E-state index contributed by atoms with van der Waals surface area (Å²) in [7, 11) is -2.24. The lowest BCUT2D eigenvalue weighted by Gasteiger charge is -2.10. The third-order valence-corrected chi connectivity index (χ3v) is 4.23. The minimum Gasteiger partial charge on any atom is -0.497 e. The minimum absolute atomic E-state index is 0.0618. The number of hydrogen-bond acceptors (Lipinski definition) is 5. The maximum Gasteiger partial charge on any atom is 0.261 e. The van der Waals surface area contributed by atoms with E-state index in [4.69, 9.17) is 15.2 Å². The molecule has 0 unspecified atom stereocenters. The zero-order valence-electron chi connectivity index (χ0n) is 12.4. The molecule has 0 aliphatic heterocycles. The Kier molecular flexibility index (Phi) is 5.07. The molecule has 2 aromatic carbocycles. The molecule has 2 rings (SSSR count). The molecule has 0 atom stereocenters. The average molecular weight is 336 g/mol. The molecule has 0 saturated carbocycles. The van der Waals surface area contributed by atoms with Crippen LogP contribution in [0.2, 0.25) is 0 Å². The summed E-state index contributed by atoms with van der Waals surface area (Å²) in [5.74, 6) is 0.283. The van der Waals surface area contributed by atoms with E-state index >= 15 is 0 Å². The smallest absolute Gasteiger partial charge is 0.261 e. The van der Waals surface area contributed by atoms with Gasteiger partial charge >= 0.3 is 0 Å². The number of hydrogen-bond donors (Lipinski definition) is 2. The van der Waals surface area contributed by atoms with E-state index in [9.17, 15) is 13.2 Å². The molecule has 122 valence electrons. The van der Waals surface area contributed by atoms with E-state index in [-0.39, 0.29) is 11.5 Å². The lowest BCUT2D eigenvalue weighted by Crippen LogP contribution is -2.20. The Morgan fingerprint density at radius 3 is 2.43 bits per heavy atom. The monoisotopic (exact) mass is 336 g/mol. The number of ether oxygens (including phenoxy) is 2. The van der Waals surface area contributed by atoms with Gasteiger partial charge in [-0.05, 0) is 36.4 Å². The lowest BCUT2D eigenvalue weighted by atomic mass is 10.3. The van der Waals surface area contributed by atoms with Crippen LogP contribution in [0.25, 0.3) is 0 Å². The third-order valence-electron chi connectivity index (χ3n) is 2.84. The number of nitrogens with one attached hydrogen (secondary N) is 1. The molecule has 23 heavy (non-hydrogen) atoms. The standard InChI is InChI=1S/C15H16N2O5S/c1-21-13-4-2-3-11(9-13)17-23(19,20)14-7-5-12(6-8-14)22-10-15(16)18/h2-9,17H,10H2,1H3,(H2,16,18). The Balaban J connectivity index is 2.14. The molecule has 0 spiro atoms. The van der Waals surface area contributed by atoms with Crippen molar-refractivity contribution in [3.05, 3.63) is 48.5 Å². The number of methoxy groups -OCH3 is 1. The molecule has 0 radical (unpaired) electrons. The van der Waals surface area contributed by atoms with Crippen molar-refractivity contribution in [3.8, 4) is 11.5 Å². The summed E-state index contributed by atoms with van der Waals surface area (Å²) in [4.78, 5) is 10.7. The third kappa shape index (κ3) is 4.62. The molecule has 0 fully saturated rings. The van der Waals surface area contributed by atoms with Crippen molar-refractivity contribution in [3.63, 3.8) is 0 Å². The summed E-state index contributed by atoms with van der Waals surface area (Å²) in [5.41, 5.74) is 5.36. The van der Waals surface area contributed by atoms with Gasteiger partial charge in [0.1, 0.15) is 11.5 Å². The van der Waals surface area contributed by atoms with Crippen LogP contribution < -0.4 is 19.9 Å². The molecule has 0 aliphatic carbocycles. The van der Waals surface area contributed by atoms with Crippen LogP contribution >= 0.6 is 0 Å². The Morgan fingerprint density at radius 2 is 1.83 bits per heavy atom. The summed E-state index contributed by atoms with van der Waals surface area (Å²) in [6, 6.07) is 12.2. The van der Waals surface area contributed by atoms with E-state index in [0.717, 1.165) is 0 Å². The summed E-state index contributed by atoms with van der Waals surface area (Å²) in [5, 5.41) is 0. The van der Waals surface area contributed by atoms with Gasteiger partial charge < -0.3 is 15.2 Å². The average Bonchev–Trinajstić information content (AvgIpc) is 2.53. The maximum absolute atomic E-state index is 12.3. The van der Waals surface area contributed by atoms with E-state index in [2.05, 4.69) is 4.72 Å². The van der Waals surface area contributed by atoms with Gasteiger partial charge in [0, 0.05) is 6.07 Å². The normalized spacial score (nSPS) is 10.8. The predicted molar refractivity (Wildman–Crippen MR) is 84.9 cm³/mol. The summed E-state index contributed by atoms with van der Waals surface area (Å²) < 4.78 is 37.2. The Bertz CT molecular complexity index is 788. The van der Waals surface area contributed by atoms with Crippen LogP contribution in [0.3, 0.4) is 0 Å². The molecule has 0 bridgehead atoms. The van der Waals surface area contributed by atoms with Gasteiger partial charge in [-0.25, -0.2) is 8.42 Å². The molecular formula is C15H16N2O5S. The Hall–Kier alpha value is -2.74. The van der Waals surface area contributed by atoms with E-state index in [1.54, 1.807) is 24.3 Å². The number of rotatable bonds is 7. The van der Waals surface area contributed by atoms with Crippen molar-refractivity contribution in [2.24, 2.45) is 5.73 Å². The quantitative estimate of drug-likeness (QED) is 0.794. The van der Waals surface area contributed by atoms with Gasteiger partial charge in [0.05, 0.1) is 17.7 Å². The minimum atomic E-state index is -3.74. The number of sulfonamides is 1. The van der Waals surface area contributed by atoms with Crippen molar-refractivity contribution in [1.82, 2.24) is 0 Å². The summed E-state index contributed by atoms with van der Waals surface area (Å²) in [6.45, 7) is -0.270. The van der Waals surface area contributed by atoms with E-state index in [0.29, 0.717) is 17.2 Å². The van der Waals surface area contributed by atoms with Crippen LogP contribution in [0.1, 0.15) is 0 Å². The van der Waals surface area contributed by atoms with Crippen LogP contribution in [0.4, 0.5) is 5.69 Å². The highest BCUT2D eigenvalue weighted by molar-refractivity contribution is 7.92. The van der Waals surface area contributed by atoms with E-state index in [1.165, 1.54) is 31.4 Å². The van der Waals surface area contributed by atoms with Crippen molar-refractivity contribution >= 4 is 21.6 Å². The number of nitrogens with two attached hydrogens (primary N) is 1. The molecule has 8 heteroatoms. The van der Waals surface area contributed by atoms with Crippen molar-refractivity contribution in [1.29, 1.82) is 0 Å². The highest BCUT2D eigenvalue weighted by atomic mass is 32.2. The van der Waals surface area contributed by atoms with Crippen LogP contribution in [-0.2, 0) is 14.8 Å². The first kappa shape index (κ1) is 16.6. The molecule has 1 amide bonds. The van der Waals surface area contributed by atoms with Gasteiger partial charge in [0.15, 0.2) is 6.61 Å². The molecule has 7 nitrogen and oxygen atoms in total. The highest BCUT2D eigenvalue weighted by Crippen LogP contribution is 2.22. The highest BCUT2D eigenvalue weighted by Gasteiger charge is 2.14. The number of carbonyl (C=O) groups excluding carboxylic acids is 1. The van der Waals surface area contributed by atoms with Crippen molar-refractivity contribution in [2.45, 2.75) is 4.90 Å². The number of primary amides is 1. The molecule has 0 heterocycles. The van der Waals surface area contributed by atoms with Crippen LogP contribution in [0, 0.1) is 0 Å². The molecule has 0 aliphatic rings.